The summed E-state index contributed by atoms with van der Waals surface area (Å²) in [6.07, 6.45) is 0.845. The smallest absolute Gasteiger partial charge is 0.252 e. The molecule has 1 amide bonds. The summed E-state index contributed by atoms with van der Waals surface area (Å²) in [5.41, 5.74) is 1.71. The highest BCUT2D eigenvalue weighted by Crippen LogP contribution is 2.17. The molecule has 0 saturated carbocycles. The number of aliphatic hydroxyl groups excluding tert-OH is 1. The fourth-order valence-electron chi connectivity index (χ4n) is 1.38. The van der Waals surface area contributed by atoms with Crippen LogP contribution in [0.5, 0.6) is 0 Å². The number of anilines is 1. The predicted octanol–water partition coefficient (Wildman–Crippen LogP) is 1.49. The van der Waals surface area contributed by atoms with E-state index in [1.807, 2.05) is 24.4 Å². The van der Waals surface area contributed by atoms with Crippen LogP contribution in [0.2, 0.25) is 0 Å². The van der Waals surface area contributed by atoms with E-state index >= 15 is 0 Å². The molecule has 1 heterocycles. The fourth-order valence-corrected chi connectivity index (χ4v) is 1.38. The molecular formula is C11H12N2O2. The minimum absolute atomic E-state index is 0.398. The first kappa shape index (κ1) is 9.73. The molecule has 0 saturated heterocycles. The van der Waals surface area contributed by atoms with E-state index < -0.39 is 12.0 Å². The summed E-state index contributed by atoms with van der Waals surface area (Å²) in [5, 5.41) is 12.7. The zero-order chi connectivity index (χ0) is 10.8. The summed E-state index contributed by atoms with van der Waals surface area (Å²) in [6.45, 7) is 1.43. The van der Waals surface area contributed by atoms with Gasteiger partial charge in [0.2, 0.25) is 0 Å². The Morgan fingerprint density at radius 1 is 1.47 bits per heavy atom. The minimum Gasteiger partial charge on any atom is -0.384 e. The second kappa shape index (κ2) is 3.74. The topological polar surface area (TPSA) is 65.1 Å². The SMILES string of the molecule is CC(O)C(=O)Nc1ccc2[nH]ccc2c1. The highest BCUT2D eigenvalue weighted by Gasteiger charge is 2.08. The number of carbonyl (C=O) groups is 1. The van der Waals surface area contributed by atoms with Gasteiger partial charge >= 0.3 is 0 Å². The van der Waals surface area contributed by atoms with Gasteiger partial charge in [-0.05, 0) is 31.2 Å². The number of hydrogen-bond acceptors (Lipinski definition) is 2. The molecule has 0 bridgehead atoms. The van der Waals surface area contributed by atoms with Crippen molar-refractivity contribution in [2.75, 3.05) is 5.32 Å². The number of fused-ring (bicyclic) bond motifs is 1. The normalized spacial score (nSPS) is 12.7. The maximum atomic E-state index is 11.2. The largest absolute Gasteiger partial charge is 0.384 e. The highest BCUT2D eigenvalue weighted by atomic mass is 16.3. The van der Waals surface area contributed by atoms with E-state index in [0.717, 1.165) is 10.9 Å². The Balaban J connectivity index is 2.25. The standard InChI is InChI=1S/C11H12N2O2/c1-7(14)11(15)13-9-2-3-10-8(6-9)4-5-12-10/h2-7,12,14H,1H3,(H,13,15). The van der Waals surface area contributed by atoms with Gasteiger partial charge in [-0.3, -0.25) is 4.79 Å². The molecule has 1 atom stereocenters. The van der Waals surface area contributed by atoms with E-state index in [0.29, 0.717) is 5.69 Å². The molecule has 2 rings (SSSR count). The summed E-state index contributed by atoms with van der Waals surface area (Å²) in [5.74, 6) is -0.398. The number of aromatic nitrogens is 1. The molecule has 4 heteroatoms. The molecule has 78 valence electrons. The maximum Gasteiger partial charge on any atom is 0.252 e. The Bertz CT molecular complexity index is 488. The van der Waals surface area contributed by atoms with Crippen LogP contribution < -0.4 is 5.32 Å². The van der Waals surface area contributed by atoms with Crippen molar-refractivity contribution >= 4 is 22.5 Å². The predicted molar refractivity (Wildman–Crippen MR) is 58.6 cm³/mol. The van der Waals surface area contributed by atoms with Crippen LogP contribution in [0.15, 0.2) is 30.5 Å². The van der Waals surface area contributed by atoms with Gasteiger partial charge in [0.15, 0.2) is 0 Å². The molecule has 0 radical (unpaired) electrons. The molecule has 1 aromatic carbocycles. The quantitative estimate of drug-likeness (QED) is 0.693. The van der Waals surface area contributed by atoms with Gasteiger partial charge in [0, 0.05) is 22.8 Å². The molecule has 4 nitrogen and oxygen atoms in total. The number of benzene rings is 1. The van der Waals surface area contributed by atoms with Crippen molar-refractivity contribution in [3.05, 3.63) is 30.5 Å². The number of nitrogens with one attached hydrogen (secondary N) is 2. The van der Waals surface area contributed by atoms with Gasteiger partial charge in [0.05, 0.1) is 0 Å². The summed E-state index contributed by atoms with van der Waals surface area (Å²) in [4.78, 5) is 14.3. The Morgan fingerprint density at radius 3 is 3.00 bits per heavy atom. The first-order valence-corrected chi connectivity index (χ1v) is 4.73. The molecule has 2 aromatic rings. The van der Waals surface area contributed by atoms with E-state index in [4.69, 9.17) is 5.11 Å². The maximum absolute atomic E-state index is 11.2. The lowest BCUT2D eigenvalue weighted by Gasteiger charge is -2.06. The van der Waals surface area contributed by atoms with Crippen LogP contribution in [0.25, 0.3) is 10.9 Å². The number of rotatable bonds is 2. The first-order valence-electron chi connectivity index (χ1n) is 4.73. The van der Waals surface area contributed by atoms with Crippen molar-refractivity contribution < 1.29 is 9.90 Å². The molecule has 0 aliphatic carbocycles. The Labute approximate surface area is 86.9 Å². The molecule has 1 aromatic heterocycles. The number of H-pyrrole nitrogens is 1. The number of amides is 1. The van der Waals surface area contributed by atoms with Gasteiger partial charge in [0.25, 0.3) is 5.91 Å². The van der Waals surface area contributed by atoms with Crippen molar-refractivity contribution in [3.63, 3.8) is 0 Å². The van der Waals surface area contributed by atoms with Crippen molar-refractivity contribution in [2.24, 2.45) is 0 Å². The molecule has 3 N–H and O–H groups in total. The van der Waals surface area contributed by atoms with Crippen molar-refractivity contribution in [3.8, 4) is 0 Å². The van der Waals surface area contributed by atoms with Crippen LogP contribution in [0.1, 0.15) is 6.92 Å². The lowest BCUT2D eigenvalue weighted by atomic mass is 10.2. The van der Waals surface area contributed by atoms with E-state index in [-0.39, 0.29) is 0 Å². The van der Waals surface area contributed by atoms with Crippen molar-refractivity contribution in [2.45, 2.75) is 13.0 Å². The third-order valence-corrected chi connectivity index (χ3v) is 2.20. The van der Waals surface area contributed by atoms with Crippen LogP contribution in [0.3, 0.4) is 0 Å². The second-order valence-corrected chi connectivity index (χ2v) is 3.44. The fraction of sp³-hybridized carbons (Fsp3) is 0.182. The molecule has 0 aliphatic rings. The van der Waals surface area contributed by atoms with Gasteiger partial charge < -0.3 is 15.4 Å². The molecular weight excluding hydrogens is 192 g/mol. The monoisotopic (exact) mass is 204 g/mol. The Morgan fingerprint density at radius 2 is 2.27 bits per heavy atom. The van der Waals surface area contributed by atoms with Gasteiger partial charge in [-0.2, -0.15) is 0 Å². The zero-order valence-electron chi connectivity index (χ0n) is 8.32. The zero-order valence-corrected chi connectivity index (χ0v) is 8.32. The number of hydrogen-bond donors (Lipinski definition) is 3. The summed E-state index contributed by atoms with van der Waals surface area (Å²) in [6, 6.07) is 7.45. The number of aliphatic hydroxyl groups is 1. The van der Waals surface area contributed by atoms with Gasteiger partial charge in [0.1, 0.15) is 6.10 Å². The van der Waals surface area contributed by atoms with Crippen LogP contribution in [0.4, 0.5) is 5.69 Å². The minimum atomic E-state index is -0.994. The Kier molecular flexibility index (Phi) is 2.43. The third-order valence-electron chi connectivity index (χ3n) is 2.20. The van der Waals surface area contributed by atoms with Crippen LogP contribution in [0, 0.1) is 0 Å². The molecule has 0 spiro atoms. The molecule has 15 heavy (non-hydrogen) atoms. The van der Waals surface area contributed by atoms with Crippen LogP contribution >= 0.6 is 0 Å². The summed E-state index contributed by atoms with van der Waals surface area (Å²) >= 11 is 0. The average Bonchev–Trinajstić information content (AvgIpc) is 2.64. The van der Waals surface area contributed by atoms with Gasteiger partial charge in [-0.15, -0.1) is 0 Å². The molecule has 0 aliphatic heterocycles. The third kappa shape index (κ3) is 1.99. The molecule has 1 unspecified atom stereocenters. The first-order chi connectivity index (χ1) is 7.16. The van der Waals surface area contributed by atoms with E-state index in [9.17, 15) is 4.79 Å². The second-order valence-electron chi connectivity index (χ2n) is 3.44. The van der Waals surface area contributed by atoms with E-state index in [1.54, 1.807) is 6.07 Å². The van der Waals surface area contributed by atoms with E-state index in [2.05, 4.69) is 10.3 Å². The average molecular weight is 204 g/mol. The number of aromatic amines is 1. The number of carbonyl (C=O) groups excluding carboxylic acids is 1. The summed E-state index contributed by atoms with van der Waals surface area (Å²) < 4.78 is 0. The Hall–Kier alpha value is -1.81. The van der Waals surface area contributed by atoms with Crippen molar-refractivity contribution in [1.82, 2.24) is 4.98 Å². The van der Waals surface area contributed by atoms with Crippen LogP contribution in [-0.2, 0) is 4.79 Å². The van der Waals surface area contributed by atoms with Gasteiger partial charge in [-0.1, -0.05) is 0 Å². The lowest BCUT2D eigenvalue weighted by Crippen LogP contribution is -2.24. The van der Waals surface area contributed by atoms with Gasteiger partial charge in [-0.25, -0.2) is 0 Å². The highest BCUT2D eigenvalue weighted by molar-refractivity contribution is 5.95. The van der Waals surface area contributed by atoms with Crippen molar-refractivity contribution in [1.29, 1.82) is 0 Å². The van der Waals surface area contributed by atoms with E-state index in [1.165, 1.54) is 6.92 Å². The van der Waals surface area contributed by atoms with Crippen LogP contribution in [-0.4, -0.2) is 22.1 Å². The molecule has 0 fully saturated rings. The summed E-state index contributed by atoms with van der Waals surface area (Å²) in [7, 11) is 0. The lowest BCUT2D eigenvalue weighted by molar-refractivity contribution is -0.123.